The topological polar surface area (TPSA) is 25.8 Å². The van der Waals surface area contributed by atoms with Gasteiger partial charge < -0.3 is 0 Å². The SMILES string of the molecule is Brc1ccc(S(c2ccc(Br)cc2)(c2cccnc2)c2cccnc2)cc1. The highest BCUT2D eigenvalue weighted by Gasteiger charge is 2.33. The van der Waals surface area contributed by atoms with Gasteiger partial charge in [0.2, 0.25) is 0 Å². The number of rotatable bonds is 4. The molecule has 0 unspecified atom stereocenters. The van der Waals surface area contributed by atoms with Crippen LogP contribution in [0.1, 0.15) is 0 Å². The summed E-state index contributed by atoms with van der Waals surface area (Å²) < 4.78 is 2.13. The van der Waals surface area contributed by atoms with Crippen molar-refractivity contribution < 1.29 is 0 Å². The van der Waals surface area contributed by atoms with Gasteiger partial charge in [0.05, 0.1) is 0 Å². The van der Waals surface area contributed by atoms with Gasteiger partial charge >= 0.3 is 0 Å². The van der Waals surface area contributed by atoms with E-state index in [4.69, 9.17) is 0 Å². The zero-order valence-corrected chi connectivity index (χ0v) is 18.3. The maximum Gasteiger partial charge on any atom is 0.0398 e. The Bertz CT molecular complexity index is 934. The Kier molecular flexibility index (Phi) is 5.43. The predicted octanol–water partition coefficient (Wildman–Crippen LogP) is 7.34. The van der Waals surface area contributed by atoms with Crippen molar-refractivity contribution in [2.45, 2.75) is 19.6 Å². The van der Waals surface area contributed by atoms with Crippen LogP contribution in [-0.2, 0) is 0 Å². The van der Waals surface area contributed by atoms with E-state index in [9.17, 15) is 0 Å². The fourth-order valence-electron chi connectivity index (χ4n) is 3.15. The van der Waals surface area contributed by atoms with Gasteiger partial charge in [0.25, 0.3) is 0 Å². The molecular weight excluding hydrogens is 484 g/mol. The summed E-state index contributed by atoms with van der Waals surface area (Å²) in [5.74, 6) is 0. The van der Waals surface area contributed by atoms with Crippen LogP contribution < -0.4 is 0 Å². The van der Waals surface area contributed by atoms with E-state index in [-0.39, 0.29) is 0 Å². The first kappa shape index (κ1) is 18.4. The molecule has 0 aliphatic carbocycles. The van der Waals surface area contributed by atoms with Gasteiger partial charge in [0.1, 0.15) is 0 Å². The molecule has 0 aliphatic rings. The third-order valence-corrected chi connectivity index (χ3v) is 9.22. The number of aromatic nitrogens is 2. The van der Waals surface area contributed by atoms with Crippen LogP contribution in [0.4, 0.5) is 0 Å². The normalized spacial score (nSPS) is 11.9. The second-order valence-corrected chi connectivity index (χ2v) is 10.8. The predicted molar refractivity (Wildman–Crippen MR) is 117 cm³/mol. The van der Waals surface area contributed by atoms with E-state index < -0.39 is 10.0 Å². The van der Waals surface area contributed by atoms with Gasteiger partial charge in [0.15, 0.2) is 0 Å². The van der Waals surface area contributed by atoms with E-state index in [2.05, 4.69) is 102 Å². The van der Waals surface area contributed by atoms with Crippen molar-refractivity contribution >= 4 is 41.9 Å². The maximum atomic E-state index is 4.44. The lowest BCUT2D eigenvalue weighted by Gasteiger charge is -2.41. The molecule has 0 spiro atoms. The van der Waals surface area contributed by atoms with Crippen LogP contribution in [0.15, 0.2) is 126 Å². The molecule has 0 N–H and O–H groups in total. The van der Waals surface area contributed by atoms with E-state index in [0.717, 1.165) is 8.95 Å². The summed E-state index contributed by atoms with van der Waals surface area (Å²) in [5.41, 5.74) is 0. The number of hydrogen-bond acceptors (Lipinski definition) is 2. The number of pyridine rings is 2. The molecule has 0 radical (unpaired) electrons. The maximum absolute atomic E-state index is 4.44. The molecule has 2 aromatic heterocycles. The van der Waals surface area contributed by atoms with E-state index >= 15 is 0 Å². The number of hydrogen-bond donors (Lipinski definition) is 0. The third-order valence-electron chi connectivity index (χ3n) is 4.31. The van der Waals surface area contributed by atoms with Gasteiger partial charge in [-0.25, -0.2) is 0 Å². The lowest BCUT2D eigenvalue weighted by molar-refractivity contribution is 1.15. The highest BCUT2D eigenvalue weighted by molar-refractivity contribution is 9.10. The molecule has 2 nitrogen and oxygen atoms in total. The first-order valence-corrected chi connectivity index (χ1v) is 11.6. The van der Waals surface area contributed by atoms with Gasteiger partial charge in [-0.05, 0) is 72.8 Å². The lowest BCUT2D eigenvalue weighted by Crippen LogP contribution is -2.05. The lowest BCUT2D eigenvalue weighted by atomic mass is 10.4. The average molecular weight is 500 g/mol. The van der Waals surface area contributed by atoms with E-state index in [0.29, 0.717) is 0 Å². The Morgan fingerprint density at radius 1 is 0.519 bits per heavy atom. The van der Waals surface area contributed by atoms with Gasteiger partial charge in [-0.1, -0.05) is 31.9 Å². The molecule has 4 aromatic rings. The summed E-state index contributed by atoms with van der Waals surface area (Å²) in [7, 11) is -1.71. The van der Waals surface area contributed by atoms with Crippen molar-refractivity contribution in [3.8, 4) is 0 Å². The minimum Gasteiger partial charge on any atom is -0.264 e. The molecule has 0 bridgehead atoms. The highest BCUT2D eigenvalue weighted by Crippen LogP contribution is 2.73. The molecule has 4 rings (SSSR count). The Morgan fingerprint density at radius 3 is 1.26 bits per heavy atom. The largest absolute Gasteiger partial charge is 0.264 e. The van der Waals surface area contributed by atoms with E-state index in [1.54, 1.807) is 0 Å². The second kappa shape index (κ2) is 7.97. The second-order valence-electron chi connectivity index (χ2n) is 5.90. The van der Waals surface area contributed by atoms with Gasteiger partial charge in [-0.2, -0.15) is 0 Å². The summed E-state index contributed by atoms with van der Waals surface area (Å²) in [4.78, 5) is 13.7. The molecule has 2 aromatic carbocycles. The molecule has 0 amide bonds. The standard InChI is InChI=1S/C22H16Br2N2S/c23-17-5-9-19(10-6-17)27(21-3-1-13-25-15-21,22-4-2-14-26-16-22)20-11-7-18(24)8-12-20/h1-16H. The van der Waals surface area contributed by atoms with E-state index in [1.807, 2.05) is 36.9 Å². The minimum atomic E-state index is -1.71. The van der Waals surface area contributed by atoms with Gasteiger partial charge in [-0.15, -0.1) is 10.0 Å². The Hall–Kier alpha value is -1.95. The van der Waals surface area contributed by atoms with Crippen molar-refractivity contribution in [1.29, 1.82) is 0 Å². The van der Waals surface area contributed by atoms with Crippen molar-refractivity contribution in [3.05, 3.63) is 107 Å². The Balaban J connectivity index is 2.11. The first-order valence-electron chi connectivity index (χ1n) is 8.36. The first-order chi connectivity index (χ1) is 13.2. The zero-order valence-electron chi connectivity index (χ0n) is 14.3. The fourth-order valence-corrected chi connectivity index (χ4v) is 7.40. The summed E-state index contributed by atoms with van der Waals surface area (Å²) in [6.45, 7) is 0. The Labute approximate surface area is 177 Å². The van der Waals surface area contributed by atoms with Crippen LogP contribution in [0.25, 0.3) is 0 Å². The van der Waals surface area contributed by atoms with Gasteiger partial charge in [-0.3, -0.25) is 9.97 Å². The average Bonchev–Trinajstić information content (AvgIpc) is 2.73. The summed E-state index contributed by atoms with van der Waals surface area (Å²) in [5, 5.41) is 0. The van der Waals surface area contributed by atoms with Crippen LogP contribution in [0.5, 0.6) is 0 Å². The summed E-state index contributed by atoms with van der Waals surface area (Å²) in [6, 6.07) is 25.5. The van der Waals surface area contributed by atoms with Crippen LogP contribution in [0.2, 0.25) is 0 Å². The molecular formula is C22H16Br2N2S. The zero-order chi connectivity index (χ0) is 18.7. The summed E-state index contributed by atoms with van der Waals surface area (Å²) >= 11 is 7.14. The molecule has 134 valence electrons. The highest BCUT2D eigenvalue weighted by atomic mass is 79.9. The molecule has 2 heterocycles. The molecule has 0 aliphatic heterocycles. The van der Waals surface area contributed by atoms with Crippen molar-refractivity contribution in [1.82, 2.24) is 9.97 Å². The van der Waals surface area contributed by atoms with Crippen molar-refractivity contribution in [2.24, 2.45) is 0 Å². The van der Waals surface area contributed by atoms with Crippen molar-refractivity contribution in [2.75, 3.05) is 0 Å². The van der Waals surface area contributed by atoms with E-state index in [1.165, 1.54) is 19.6 Å². The molecule has 27 heavy (non-hydrogen) atoms. The number of benzene rings is 2. The van der Waals surface area contributed by atoms with Crippen LogP contribution in [0, 0.1) is 0 Å². The monoisotopic (exact) mass is 498 g/mol. The van der Waals surface area contributed by atoms with Gasteiger partial charge in [0, 0.05) is 53.3 Å². The smallest absolute Gasteiger partial charge is 0.0398 e. The van der Waals surface area contributed by atoms with Crippen LogP contribution in [0.3, 0.4) is 0 Å². The summed E-state index contributed by atoms with van der Waals surface area (Å²) in [6.07, 6.45) is 7.60. The Morgan fingerprint density at radius 2 is 0.926 bits per heavy atom. The minimum absolute atomic E-state index is 1.06. The van der Waals surface area contributed by atoms with Crippen LogP contribution >= 0.6 is 41.9 Å². The quantitative estimate of drug-likeness (QED) is 0.293. The molecule has 0 saturated carbocycles. The molecule has 0 saturated heterocycles. The third kappa shape index (κ3) is 3.47. The molecule has 5 heteroatoms. The van der Waals surface area contributed by atoms with Crippen molar-refractivity contribution in [3.63, 3.8) is 0 Å². The van der Waals surface area contributed by atoms with Crippen LogP contribution in [-0.4, -0.2) is 9.97 Å². The molecule has 0 fully saturated rings. The fraction of sp³-hybridized carbons (Fsp3) is 0. The molecule has 0 atom stereocenters. The number of halogens is 2. The number of nitrogens with zero attached hydrogens (tertiary/aromatic N) is 2.